The molecule has 0 saturated carbocycles. The van der Waals surface area contributed by atoms with Crippen molar-refractivity contribution >= 4 is 11.7 Å². The molecule has 0 spiro atoms. The average molecular weight is 474 g/mol. The van der Waals surface area contributed by atoms with E-state index in [0.29, 0.717) is 42.6 Å². The summed E-state index contributed by atoms with van der Waals surface area (Å²) in [6, 6.07) is 13.1. The number of hydrogen-bond acceptors (Lipinski definition) is 9. The van der Waals surface area contributed by atoms with Crippen molar-refractivity contribution in [1.82, 2.24) is 25.1 Å². The molecule has 1 amide bonds. The molecule has 3 aromatic heterocycles. The minimum Gasteiger partial charge on any atom is -0.495 e. The lowest BCUT2D eigenvalue weighted by Crippen LogP contribution is -2.26. The Kier molecular flexibility index (Phi) is 6.22. The third-order valence-corrected chi connectivity index (χ3v) is 5.36. The van der Waals surface area contributed by atoms with Crippen molar-refractivity contribution in [2.75, 3.05) is 25.6 Å². The number of nitrogens with zero attached hydrogens (tertiary/aromatic N) is 4. The van der Waals surface area contributed by atoms with Crippen LogP contribution >= 0.6 is 0 Å². The highest BCUT2D eigenvalue weighted by atomic mass is 16.5. The van der Waals surface area contributed by atoms with E-state index in [-0.39, 0.29) is 18.3 Å². The second-order valence-electron chi connectivity index (χ2n) is 7.79. The first kappa shape index (κ1) is 22.3. The van der Waals surface area contributed by atoms with Crippen LogP contribution in [0.4, 0.5) is 5.82 Å². The summed E-state index contributed by atoms with van der Waals surface area (Å²) in [5.41, 5.74) is 2.75. The summed E-state index contributed by atoms with van der Waals surface area (Å²) >= 11 is 0. The first-order chi connectivity index (χ1) is 17.1. The standard InChI is InChI=1S/C24H22N6O5/c1-33-18-10-19(29-26-12-18)16-4-2-3-15(9-16)11-25-8-7-17-13-30(24(32)35-17)21-6-5-20-23(27-21)28-22(31)14-34-20/h2-6,9-10,12-13,25H,7-8,11,14H2,1H3,(H,27,28,31). The predicted octanol–water partition coefficient (Wildman–Crippen LogP) is 1.95. The number of fused-ring (bicyclic) bond motifs is 1. The molecule has 35 heavy (non-hydrogen) atoms. The van der Waals surface area contributed by atoms with Gasteiger partial charge in [-0.1, -0.05) is 18.2 Å². The lowest BCUT2D eigenvalue weighted by molar-refractivity contribution is -0.118. The fourth-order valence-electron chi connectivity index (χ4n) is 3.63. The largest absolute Gasteiger partial charge is 0.495 e. The molecule has 0 atom stereocenters. The van der Waals surface area contributed by atoms with Crippen LogP contribution in [0.5, 0.6) is 11.5 Å². The molecule has 11 heteroatoms. The predicted molar refractivity (Wildman–Crippen MR) is 126 cm³/mol. The molecular formula is C24H22N6O5. The minimum absolute atomic E-state index is 0.0593. The Labute approximate surface area is 199 Å². The van der Waals surface area contributed by atoms with Gasteiger partial charge < -0.3 is 24.5 Å². The molecule has 4 aromatic rings. The fourth-order valence-corrected chi connectivity index (χ4v) is 3.63. The second-order valence-corrected chi connectivity index (χ2v) is 7.79. The van der Waals surface area contributed by atoms with Gasteiger partial charge in [-0.25, -0.2) is 14.3 Å². The zero-order valence-electron chi connectivity index (χ0n) is 18.9. The summed E-state index contributed by atoms with van der Waals surface area (Å²) < 4.78 is 17.2. The Hall–Kier alpha value is -4.51. The number of rotatable bonds is 8. The highest BCUT2D eigenvalue weighted by Crippen LogP contribution is 2.26. The third-order valence-electron chi connectivity index (χ3n) is 5.36. The summed E-state index contributed by atoms with van der Waals surface area (Å²) in [6.07, 6.45) is 3.68. The number of hydrogen-bond donors (Lipinski definition) is 2. The Balaban J connectivity index is 1.20. The third kappa shape index (κ3) is 5.04. The maximum Gasteiger partial charge on any atom is 0.424 e. The van der Waals surface area contributed by atoms with Gasteiger partial charge in [0.2, 0.25) is 0 Å². The number of oxazole rings is 1. The van der Waals surface area contributed by atoms with Crippen LogP contribution < -0.4 is 25.9 Å². The summed E-state index contributed by atoms with van der Waals surface area (Å²) in [5, 5.41) is 14.1. The quantitative estimate of drug-likeness (QED) is 0.368. The number of nitrogens with one attached hydrogen (secondary N) is 2. The van der Waals surface area contributed by atoms with E-state index in [1.165, 1.54) is 4.57 Å². The van der Waals surface area contributed by atoms with E-state index >= 15 is 0 Å². The first-order valence-electron chi connectivity index (χ1n) is 10.9. The van der Waals surface area contributed by atoms with Crippen LogP contribution in [-0.4, -0.2) is 45.9 Å². The van der Waals surface area contributed by atoms with Gasteiger partial charge in [0.25, 0.3) is 5.91 Å². The SMILES string of the molecule is COc1cnnc(-c2cccc(CNCCc3cn(-c4ccc5c(n4)NC(=O)CO5)c(=O)o3)c2)c1. The molecule has 0 aliphatic carbocycles. The molecule has 0 saturated heterocycles. The Bertz CT molecular complexity index is 1430. The number of ether oxygens (including phenoxy) is 2. The zero-order chi connectivity index (χ0) is 24.2. The molecule has 1 aliphatic heterocycles. The number of amides is 1. The average Bonchev–Trinajstić information content (AvgIpc) is 3.26. The molecule has 1 aromatic carbocycles. The van der Waals surface area contributed by atoms with Crippen LogP contribution in [0.3, 0.4) is 0 Å². The van der Waals surface area contributed by atoms with E-state index in [0.717, 1.165) is 16.8 Å². The number of pyridine rings is 1. The van der Waals surface area contributed by atoms with Crippen LogP contribution in [0.1, 0.15) is 11.3 Å². The summed E-state index contributed by atoms with van der Waals surface area (Å²) in [5.74, 6) is 1.38. The lowest BCUT2D eigenvalue weighted by atomic mass is 10.1. The number of methoxy groups -OCH3 is 1. The first-order valence-corrected chi connectivity index (χ1v) is 10.9. The van der Waals surface area contributed by atoms with Crippen LogP contribution in [0, 0.1) is 0 Å². The van der Waals surface area contributed by atoms with Crippen LogP contribution in [-0.2, 0) is 17.8 Å². The highest BCUT2D eigenvalue weighted by molar-refractivity contribution is 5.94. The maximum absolute atomic E-state index is 12.3. The number of benzene rings is 1. The van der Waals surface area contributed by atoms with E-state index in [1.807, 2.05) is 30.3 Å². The molecule has 1 aliphatic rings. The smallest absolute Gasteiger partial charge is 0.424 e. The van der Waals surface area contributed by atoms with Crippen LogP contribution in [0.25, 0.3) is 17.1 Å². The van der Waals surface area contributed by atoms with Gasteiger partial charge >= 0.3 is 5.76 Å². The summed E-state index contributed by atoms with van der Waals surface area (Å²) in [4.78, 5) is 28.2. The normalized spacial score (nSPS) is 12.5. The molecule has 0 bridgehead atoms. The van der Waals surface area contributed by atoms with Gasteiger partial charge in [-0.3, -0.25) is 4.79 Å². The van der Waals surface area contributed by atoms with Gasteiger partial charge in [0.1, 0.15) is 17.3 Å². The molecule has 11 nitrogen and oxygen atoms in total. The number of anilines is 1. The molecule has 4 heterocycles. The van der Waals surface area contributed by atoms with Gasteiger partial charge in [0.05, 0.1) is 25.2 Å². The monoisotopic (exact) mass is 474 g/mol. The zero-order valence-corrected chi connectivity index (χ0v) is 18.9. The Morgan fingerprint density at radius 2 is 2.11 bits per heavy atom. The molecular weight excluding hydrogens is 452 g/mol. The van der Waals surface area contributed by atoms with Crippen molar-refractivity contribution in [3.8, 4) is 28.6 Å². The fraction of sp³-hybridized carbons (Fsp3) is 0.208. The van der Waals surface area contributed by atoms with Gasteiger partial charge in [0, 0.05) is 31.1 Å². The van der Waals surface area contributed by atoms with Crippen molar-refractivity contribution in [2.45, 2.75) is 13.0 Å². The van der Waals surface area contributed by atoms with E-state index in [1.54, 1.807) is 31.6 Å². The molecule has 0 unspecified atom stereocenters. The van der Waals surface area contributed by atoms with Gasteiger partial charge in [0.15, 0.2) is 18.2 Å². The van der Waals surface area contributed by atoms with Gasteiger partial charge in [-0.05, 0) is 23.8 Å². The van der Waals surface area contributed by atoms with Crippen LogP contribution in [0.2, 0.25) is 0 Å². The minimum atomic E-state index is -0.553. The van der Waals surface area contributed by atoms with E-state index in [9.17, 15) is 9.59 Å². The van der Waals surface area contributed by atoms with Gasteiger partial charge in [-0.2, -0.15) is 10.2 Å². The topological polar surface area (TPSA) is 133 Å². The van der Waals surface area contributed by atoms with E-state index < -0.39 is 5.76 Å². The number of carbonyl (C=O) groups is 1. The molecule has 2 N–H and O–H groups in total. The highest BCUT2D eigenvalue weighted by Gasteiger charge is 2.19. The summed E-state index contributed by atoms with van der Waals surface area (Å²) in [7, 11) is 1.59. The molecule has 178 valence electrons. The number of aromatic nitrogens is 4. The maximum atomic E-state index is 12.3. The summed E-state index contributed by atoms with van der Waals surface area (Å²) in [6.45, 7) is 1.16. The molecule has 0 radical (unpaired) electrons. The van der Waals surface area contributed by atoms with Crippen molar-refractivity contribution in [2.24, 2.45) is 0 Å². The second kappa shape index (κ2) is 9.77. The molecule has 0 fully saturated rings. The lowest BCUT2D eigenvalue weighted by Gasteiger charge is -2.17. The van der Waals surface area contributed by atoms with Crippen molar-refractivity contribution in [1.29, 1.82) is 0 Å². The van der Waals surface area contributed by atoms with Gasteiger partial charge in [-0.15, -0.1) is 0 Å². The molecule has 5 rings (SSSR count). The van der Waals surface area contributed by atoms with Crippen molar-refractivity contribution in [3.63, 3.8) is 0 Å². The van der Waals surface area contributed by atoms with Crippen LogP contribution in [0.15, 0.2) is 64.1 Å². The van der Waals surface area contributed by atoms with Crippen molar-refractivity contribution in [3.05, 3.63) is 76.7 Å². The Morgan fingerprint density at radius 3 is 3.00 bits per heavy atom. The van der Waals surface area contributed by atoms with E-state index in [4.69, 9.17) is 13.9 Å². The Morgan fingerprint density at radius 1 is 1.20 bits per heavy atom. The number of carbonyl (C=O) groups excluding carboxylic acids is 1. The van der Waals surface area contributed by atoms with E-state index in [2.05, 4.69) is 25.8 Å². The van der Waals surface area contributed by atoms with Crippen molar-refractivity contribution < 1.29 is 18.7 Å².